The molecule has 0 aromatic heterocycles. The lowest BCUT2D eigenvalue weighted by atomic mass is 10.1. The minimum Gasteiger partial charge on any atom is -0.497 e. The molecule has 0 bridgehead atoms. The molecule has 220 valence electrons. The van der Waals surface area contributed by atoms with Crippen molar-refractivity contribution in [3.05, 3.63) is 119 Å². The van der Waals surface area contributed by atoms with E-state index in [0.29, 0.717) is 46.2 Å². The molecular weight excluding hydrogens is 564 g/mol. The maximum atomic E-state index is 13.5. The van der Waals surface area contributed by atoms with Gasteiger partial charge in [-0.2, -0.15) is 0 Å². The lowest BCUT2D eigenvalue weighted by molar-refractivity contribution is -0.113. The molecule has 4 rings (SSSR count). The van der Waals surface area contributed by atoms with Gasteiger partial charge in [-0.15, -0.1) is 11.8 Å². The van der Waals surface area contributed by atoms with Gasteiger partial charge in [0, 0.05) is 33.3 Å². The van der Waals surface area contributed by atoms with Crippen LogP contribution in [0.5, 0.6) is 17.2 Å². The second-order valence-corrected chi connectivity index (χ2v) is 10.2. The third-order valence-corrected chi connectivity index (χ3v) is 7.21. The topological polar surface area (TPSA) is 103 Å². The van der Waals surface area contributed by atoms with E-state index in [9.17, 15) is 14.4 Å². The maximum Gasteiger partial charge on any atom is 0.272 e. The number of hydrogen-bond donors (Lipinski definition) is 2. The molecule has 8 nitrogen and oxygen atoms in total. The van der Waals surface area contributed by atoms with E-state index in [1.807, 2.05) is 13.0 Å². The fourth-order valence-electron chi connectivity index (χ4n) is 4.03. The number of thioether (sulfide) groups is 1. The van der Waals surface area contributed by atoms with Gasteiger partial charge in [-0.3, -0.25) is 14.4 Å². The summed E-state index contributed by atoms with van der Waals surface area (Å²) < 4.78 is 16.2. The van der Waals surface area contributed by atoms with E-state index in [4.69, 9.17) is 14.2 Å². The third-order valence-electron chi connectivity index (χ3n) is 6.22. The summed E-state index contributed by atoms with van der Waals surface area (Å²) in [4.78, 5) is 40.0. The first-order chi connectivity index (χ1) is 20.9. The van der Waals surface area contributed by atoms with Gasteiger partial charge in [0.2, 0.25) is 0 Å². The van der Waals surface area contributed by atoms with Crippen LogP contribution >= 0.6 is 11.8 Å². The van der Waals surface area contributed by atoms with E-state index in [0.717, 1.165) is 4.90 Å². The number of carbonyl (C=O) groups excluding carboxylic acids is 3. The lowest BCUT2D eigenvalue weighted by Crippen LogP contribution is -2.30. The van der Waals surface area contributed by atoms with Gasteiger partial charge in [0.05, 0.1) is 26.6 Å². The summed E-state index contributed by atoms with van der Waals surface area (Å²) in [7, 11) is 3.06. The standard InChI is InChI=1S/C34H32N2O6S/c1-4-42-27-16-13-23(14-17-27)31(37)22-43-29-12-8-11-26(20-29)35-34(39)30(36-33(38)24-9-6-5-7-10-24)19-25-15-18-28(40-2)21-32(25)41-3/h5-21H,4,22H2,1-3H3,(H,35,39)(H,36,38)/b30-19-. The Bertz CT molecular complexity index is 1600. The van der Waals surface area contributed by atoms with Gasteiger partial charge in [-0.05, 0) is 79.7 Å². The number of anilines is 1. The Morgan fingerprint density at radius 1 is 0.791 bits per heavy atom. The van der Waals surface area contributed by atoms with Crippen molar-refractivity contribution in [2.45, 2.75) is 11.8 Å². The highest BCUT2D eigenvalue weighted by atomic mass is 32.2. The highest BCUT2D eigenvalue weighted by Gasteiger charge is 2.17. The number of carbonyl (C=O) groups is 3. The first-order valence-electron chi connectivity index (χ1n) is 13.5. The molecule has 0 atom stereocenters. The zero-order chi connectivity index (χ0) is 30.6. The Labute approximate surface area is 255 Å². The molecule has 0 aliphatic rings. The molecule has 9 heteroatoms. The normalized spacial score (nSPS) is 10.9. The Morgan fingerprint density at radius 3 is 2.23 bits per heavy atom. The predicted octanol–water partition coefficient (Wildman–Crippen LogP) is 6.49. The van der Waals surface area contributed by atoms with Crippen molar-refractivity contribution in [1.82, 2.24) is 5.32 Å². The van der Waals surface area contributed by atoms with E-state index >= 15 is 0 Å². The van der Waals surface area contributed by atoms with E-state index in [2.05, 4.69) is 10.6 Å². The monoisotopic (exact) mass is 596 g/mol. The molecule has 0 unspecified atom stereocenters. The van der Waals surface area contributed by atoms with E-state index in [1.54, 1.807) is 104 Å². The van der Waals surface area contributed by atoms with Gasteiger partial charge in [-0.25, -0.2) is 0 Å². The fourth-order valence-corrected chi connectivity index (χ4v) is 4.88. The molecule has 0 aliphatic carbocycles. The van der Waals surface area contributed by atoms with Crippen LogP contribution in [-0.4, -0.2) is 44.2 Å². The molecule has 43 heavy (non-hydrogen) atoms. The van der Waals surface area contributed by atoms with Crippen LogP contribution < -0.4 is 24.8 Å². The average molecular weight is 597 g/mol. The molecule has 0 heterocycles. The number of nitrogens with one attached hydrogen (secondary N) is 2. The first-order valence-corrected chi connectivity index (χ1v) is 14.5. The van der Waals surface area contributed by atoms with Crippen molar-refractivity contribution in [3.8, 4) is 17.2 Å². The quantitative estimate of drug-likeness (QED) is 0.103. The van der Waals surface area contributed by atoms with Gasteiger partial charge < -0.3 is 24.8 Å². The fraction of sp³-hybridized carbons (Fsp3) is 0.147. The summed E-state index contributed by atoms with van der Waals surface area (Å²) in [6.45, 7) is 2.46. The second-order valence-electron chi connectivity index (χ2n) is 9.14. The first kappa shape index (κ1) is 30.9. The molecule has 4 aromatic carbocycles. The van der Waals surface area contributed by atoms with Crippen molar-refractivity contribution >= 4 is 41.1 Å². The van der Waals surface area contributed by atoms with Crippen molar-refractivity contribution < 1.29 is 28.6 Å². The van der Waals surface area contributed by atoms with Crippen LogP contribution in [0.15, 0.2) is 108 Å². The lowest BCUT2D eigenvalue weighted by Gasteiger charge is -2.13. The zero-order valence-corrected chi connectivity index (χ0v) is 24.9. The third kappa shape index (κ3) is 8.73. The van der Waals surface area contributed by atoms with Crippen molar-refractivity contribution in [2.75, 3.05) is 31.9 Å². The summed E-state index contributed by atoms with van der Waals surface area (Å²) in [6, 6.07) is 28.0. The van der Waals surface area contributed by atoms with E-state index < -0.39 is 11.8 Å². The summed E-state index contributed by atoms with van der Waals surface area (Å²) in [5, 5.41) is 5.59. The number of benzene rings is 4. The van der Waals surface area contributed by atoms with Crippen LogP contribution in [0, 0.1) is 0 Å². The number of Topliss-reactive ketones (excluding diaryl/α,β-unsaturated/α-hetero) is 1. The molecule has 0 saturated heterocycles. The molecule has 2 amide bonds. The number of methoxy groups -OCH3 is 2. The Kier molecular flexibility index (Phi) is 11.0. The van der Waals surface area contributed by atoms with Crippen LogP contribution in [0.2, 0.25) is 0 Å². The van der Waals surface area contributed by atoms with Crippen LogP contribution in [0.4, 0.5) is 5.69 Å². The smallest absolute Gasteiger partial charge is 0.272 e. The summed E-state index contributed by atoms with van der Waals surface area (Å²) in [5.74, 6) is 0.999. The molecule has 0 spiro atoms. The summed E-state index contributed by atoms with van der Waals surface area (Å²) in [5.41, 5.74) is 2.09. The zero-order valence-electron chi connectivity index (χ0n) is 24.1. The van der Waals surface area contributed by atoms with Gasteiger partial charge in [0.25, 0.3) is 11.8 Å². The molecule has 4 aromatic rings. The second kappa shape index (κ2) is 15.3. The largest absolute Gasteiger partial charge is 0.497 e. The Hall–Kier alpha value is -5.02. The minimum absolute atomic E-state index is 0.0149. The molecule has 0 saturated carbocycles. The number of ether oxygens (including phenoxy) is 3. The Morgan fingerprint density at radius 2 is 1.53 bits per heavy atom. The Balaban J connectivity index is 1.51. The molecule has 0 radical (unpaired) electrons. The number of ketones is 1. The molecule has 0 fully saturated rings. The number of rotatable bonds is 13. The predicted molar refractivity (Wildman–Crippen MR) is 169 cm³/mol. The number of hydrogen-bond acceptors (Lipinski definition) is 7. The molecule has 0 aliphatic heterocycles. The molecule has 2 N–H and O–H groups in total. The van der Waals surface area contributed by atoms with Crippen LogP contribution in [0.25, 0.3) is 6.08 Å². The van der Waals surface area contributed by atoms with E-state index in [1.165, 1.54) is 18.9 Å². The summed E-state index contributed by atoms with van der Waals surface area (Å²) >= 11 is 1.36. The van der Waals surface area contributed by atoms with Crippen molar-refractivity contribution in [2.24, 2.45) is 0 Å². The van der Waals surface area contributed by atoms with Gasteiger partial charge in [0.15, 0.2) is 5.78 Å². The minimum atomic E-state index is -0.533. The van der Waals surface area contributed by atoms with E-state index in [-0.39, 0.29) is 17.2 Å². The van der Waals surface area contributed by atoms with Gasteiger partial charge >= 0.3 is 0 Å². The van der Waals surface area contributed by atoms with Crippen LogP contribution in [0.1, 0.15) is 33.2 Å². The molecular formula is C34H32N2O6S. The highest BCUT2D eigenvalue weighted by Crippen LogP contribution is 2.27. The number of amides is 2. The SMILES string of the molecule is CCOc1ccc(C(=O)CSc2cccc(NC(=O)/C(=C/c3ccc(OC)cc3OC)NC(=O)c3ccccc3)c2)cc1. The van der Waals surface area contributed by atoms with Crippen LogP contribution in [0.3, 0.4) is 0 Å². The summed E-state index contributed by atoms with van der Waals surface area (Å²) in [6.07, 6.45) is 1.54. The van der Waals surface area contributed by atoms with Crippen molar-refractivity contribution in [3.63, 3.8) is 0 Å². The van der Waals surface area contributed by atoms with Gasteiger partial charge in [-0.1, -0.05) is 24.3 Å². The maximum absolute atomic E-state index is 13.5. The van der Waals surface area contributed by atoms with Crippen molar-refractivity contribution in [1.29, 1.82) is 0 Å². The highest BCUT2D eigenvalue weighted by molar-refractivity contribution is 8.00. The van der Waals surface area contributed by atoms with Gasteiger partial charge in [0.1, 0.15) is 22.9 Å². The van der Waals surface area contributed by atoms with Crippen LogP contribution in [-0.2, 0) is 4.79 Å². The average Bonchev–Trinajstić information content (AvgIpc) is 3.04.